The Kier molecular flexibility index (Phi) is 8.74. The molecule has 0 aromatic carbocycles. The summed E-state index contributed by atoms with van der Waals surface area (Å²) in [5, 5.41) is 23.1. The molecule has 5 nitrogen and oxygen atoms in total. The first kappa shape index (κ1) is 18.8. The molecule has 0 aliphatic heterocycles. The Morgan fingerprint density at radius 1 is 1.33 bits per heavy atom. The average molecular weight is 303 g/mol. The quantitative estimate of drug-likeness (QED) is 0.568. The fraction of sp³-hybridized carbons (Fsp3) is 1.00. The molecule has 4 atom stereocenters. The van der Waals surface area contributed by atoms with E-state index >= 15 is 0 Å². The Morgan fingerprint density at radius 2 is 2.05 bits per heavy atom. The van der Waals surface area contributed by atoms with Crippen molar-refractivity contribution in [2.24, 2.45) is 5.92 Å². The highest BCUT2D eigenvalue weighted by molar-refractivity contribution is 4.77. The van der Waals surface area contributed by atoms with Crippen LogP contribution in [0.5, 0.6) is 0 Å². The van der Waals surface area contributed by atoms with E-state index in [1.165, 1.54) is 19.3 Å². The largest absolute Gasteiger partial charge is 0.389 e. The smallest absolute Gasteiger partial charge is 0.0897 e. The van der Waals surface area contributed by atoms with E-state index in [9.17, 15) is 10.2 Å². The van der Waals surface area contributed by atoms with Gasteiger partial charge in [-0.25, -0.2) is 0 Å². The second-order valence-corrected chi connectivity index (χ2v) is 6.66. The molecule has 1 fully saturated rings. The first-order valence-corrected chi connectivity index (χ1v) is 8.16. The molecule has 4 unspecified atom stereocenters. The lowest BCUT2D eigenvalue weighted by Gasteiger charge is -2.30. The minimum Gasteiger partial charge on any atom is -0.389 e. The molecular formula is C16H33NO4. The van der Waals surface area contributed by atoms with Crippen LogP contribution in [0.3, 0.4) is 0 Å². The molecule has 1 aliphatic carbocycles. The molecule has 0 bridgehead atoms. The summed E-state index contributed by atoms with van der Waals surface area (Å²) in [6.45, 7) is 5.76. The maximum absolute atomic E-state index is 10.1. The number of aliphatic hydroxyl groups excluding tert-OH is 1. The Bertz CT molecular complexity index is 273. The van der Waals surface area contributed by atoms with Crippen LogP contribution >= 0.6 is 0 Å². The van der Waals surface area contributed by atoms with Gasteiger partial charge < -0.3 is 25.0 Å². The van der Waals surface area contributed by atoms with Crippen LogP contribution in [-0.2, 0) is 9.47 Å². The molecule has 3 N–H and O–H groups in total. The molecule has 1 rings (SSSR count). The third-order valence-corrected chi connectivity index (χ3v) is 4.27. The minimum atomic E-state index is -0.811. The highest BCUT2D eigenvalue weighted by atomic mass is 16.5. The van der Waals surface area contributed by atoms with Gasteiger partial charge in [0.15, 0.2) is 0 Å². The normalized spacial score (nSPS) is 27.3. The van der Waals surface area contributed by atoms with Gasteiger partial charge in [0, 0.05) is 33.2 Å². The van der Waals surface area contributed by atoms with E-state index in [4.69, 9.17) is 9.47 Å². The molecule has 0 heterocycles. The number of nitrogens with one attached hydrogen (secondary N) is 1. The third-order valence-electron chi connectivity index (χ3n) is 4.27. The summed E-state index contributed by atoms with van der Waals surface area (Å²) in [5.74, 6) is 0.591. The lowest BCUT2D eigenvalue weighted by Crippen LogP contribution is -2.42. The van der Waals surface area contributed by atoms with Crippen molar-refractivity contribution in [2.75, 3.05) is 33.4 Å². The van der Waals surface area contributed by atoms with Gasteiger partial charge in [-0.15, -0.1) is 0 Å². The van der Waals surface area contributed by atoms with Gasteiger partial charge in [-0.05, 0) is 25.7 Å². The van der Waals surface area contributed by atoms with Crippen molar-refractivity contribution in [3.05, 3.63) is 0 Å². The van der Waals surface area contributed by atoms with E-state index in [1.807, 2.05) is 0 Å². The molecular weight excluding hydrogens is 270 g/mol. The molecule has 21 heavy (non-hydrogen) atoms. The summed E-state index contributed by atoms with van der Waals surface area (Å²) in [6, 6.07) is 0. The van der Waals surface area contributed by atoms with E-state index in [0.29, 0.717) is 44.7 Å². The fourth-order valence-corrected chi connectivity index (χ4v) is 2.74. The summed E-state index contributed by atoms with van der Waals surface area (Å²) in [6.07, 6.45) is 5.18. The van der Waals surface area contributed by atoms with Gasteiger partial charge >= 0.3 is 0 Å². The number of methoxy groups -OCH3 is 1. The van der Waals surface area contributed by atoms with Crippen molar-refractivity contribution < 1.29 is 19.7 Å². The van der Waals surface area contributed by atoms with Crippen molar-refractivity contribution in [1.29, 1.82) is 0 Å². The molecule has 1 aliphatic rings. The van der Waals surface area contributed by atoms with Crippen molar-refractivity contribution in [1.82, 2.24) is 5.32 Å². The first-order valence-electron chi connectivity index (χ1n) is 8.16. The lowest BCUT2D eigenvalue weighted by molar-refractivity contribution is -0.0467. The monoisotopic (exact) mass is 303 g/mol. The van der Waals surface area contributed by atoms with E-state index in [1.54, 1.807) is 14.0 Å². The molecule has 0 amide bonds. The summed E-state index contributed by atoms with van der Waals surface area (Å²) >= 11 is 0. The van der Waals surface area contributed by atoms with Crippen LogP contribution in [0.1, 0.15) is 46.0 Å². The highest BCUT2D eigenvalue weighted by Crippen LogP contribution is 2.26. The second kappa shape index (κ2) is 9.74. The Labute approximate surface area is 129 Å². The summed E-state index contributed by atoms with van der Waals surface area (Å²) in [7, 11) is 1.62. The SMILES string of the molecule is COCCC(C)(O)CNCC(O)COC1CCCCC1C. The predicted molar refractivity (Wildman–Crippen MR) is 83.4 cm³/mol. The number of hydrogen-bond donors (Lipinski definition) is 3. The van der Waals surface area contributed by atoms with Crippen molar-refractivity contribution in [2.45, 2.75) is 63.8 Å². The maximum Gasteiger partial charge on any atom is 0.0897 e. The Hall–Kier alpha value is -0.200. The van der Waals surface area contributed by atoms with Crippen LogP contribution in [0.15, 0.2) is 0 Å². The van der Waals surface area contributed by atoms with Crippen LogP contribution in [-0.4, -0.2) is 61.4 Å². The molecule has 0 radical (unpaired) electrons. The van der Waals surface area contributed by atoms with Gasteiger partial charge in [0.25, 0.3) is 0 Å². The summed E-state index contributed by atoms with van der Waals surface area (Å²) in [5.41, 5.74) is -0.811. The second-order valence-electron chi connectivity index (χ2n) is 6.66. The molecule has 5 heteroatoms. The van der Waals surface area contributed by atoms with Crippen molar-refractivity contribution >= 4 is 0 Å². The molecule has 0 spiro atoms. The topological polar surface area (TPSA) is 71.0 Å². The van der Waals surface area contributed by atoms with Crippen LogP contribution in [0.4, 0.5) is 0 Å². The highest BCUT2D eigenvalue weighted by Gasteiger charge is 2.23. The van der Waals surface area contributed by atoms with E-state index in [-0.39, 0.29) is 0 Å². The van der Waals surface area contributed by atoms with E-state index in [0.717, 1.165) is 6.42 Å². The average Bonchev–Trinajstić information content (AvgIpc) is 2.44. The standard InChI is InChI=1S/C16H33NO4/c1-13-6-4-5-7-15(13)21-11-14(18)10-17-12-16(2,19)8-9-20-3/h13-15,17-19H,4-12H2,1-3H3. The van der Waals surface area contributed by atoms with Gasteiger partial charge in [0.2, 0.25) is 0 Å². The van der Waals surface area contributed by atoms with E-state index < -0.39 is 11.7 Å². The number of rotatable bonds is 10. The summed E-state index contributed by atoms with van der Waals surface area (Å²) in [4.78, 5) is 0. The molecule has 0 saturated heterocycles. The van der Waals surface area contributed by atoms with Gasteiger partial charge in [0.05, 0.1) is 24.4 Å². The maximum atomic E-state index is 10.1. The van der Waals surface area contributed by atoms with Crippen LogP contribution < -0.4 is 5.32 Å². The van der Waals surface area contributed by atoms with Gasteiger partial charge in [-0.1, -0.05) is 19.8 Å². The fourth-order valence-electron chi connectivity index (χ4n) is 2.74. The Morgan fingerprint density at radius 3 is 2.71 bits per heavy atom. The lowest BCUT2D eigenvalue weighted by atomic mass is 9.88. The van der Waals surface area contributed by atoms with Crippen LogP contribution in [0.25, 0.3) is 0 Å². The van der Waals surface area contributed by atoms with Gasteiger partial charge in [0.1, 0.15) is 0 Å². The van der Waals surface area contributed by atoms with Crippen LogP contribution in [0.2, 0.25) is 0 Å². The van der Waals surface area contributed by atoms with Crippen molar-refractivity contribution in [3.8, 4) is 0 Å². The third kappa shape index (κ3) is 8.12. The minimum absolute atomic E-state index is 0.290. The zero-order chi connectivity index (χ0) is 15.7. The van der Waals surface area contributed by atoms with Gasteiger partial charge in [-0.2, -0.15) is 0 Å². The number of ether oxygens (including phenoxy) is 2. The van der Waals surface area contributed by atoms with Gasteiger partial charge in [-0.3, -0.25) is 0 Å². The number of hydrogen-bond acceptors (Lipinski definition) is 5. The van der Waals surface area contributed by atoms with E-state index in [2.05, 4.69) is 12.2 Å². The summed E-state index contributed by atoms with van der Waals surface area (Å²) < 4.78 is 10.8. The van der Waals surface area contributed by atoms with Crippen molar-refractivity contribution in [3.63, 3.8) is 0 Å². The zero-order valence-corrected chi connectivity index (χ0v) is 13.8. The molecule has 0 aromatic heterocycles. The Balaban J connectivity index is 2.11. The molecule has 1 saturated carbocycles. The molecule has 0 aromatic rings. The first-order chi connectivity index (χ1) is 9.94. The number of aliphatic hydroxyl groups is 2. The zero-order valence-electron chi connectivity index (χ0n) is 13.8. The van der Waals surface area contributed by atoms with Crippen LogP contribution in [0, 0.1) is 5.92 Å². The molecule has 126 valence electrons. The predicted octanol–water partition coefficient (Wildman–Crippen LogP) is 1.32.